The SMILES string of the molecule is Cc1ccccc1CNC(=O)c1ccc(NC(=O)c2ccco2)s1. The molecule has 2 amide bonds. The van der Waals surface area contributed by atoms with Crippen LogP contribution >= 0.6 is 11.3 Å². The molecule has 122 valence electrons. The van der Waals surface area contributed by atoms with E-state index in [0.717, 1.165) is 11.1 Å². The lowest BCUT2D eigenvalue weighted by molar-refractivity contribution is 0.0953. The number of aryl methyl sites for hydroxylation is 1. The third-order valence-corrected chi connectivity index (χ3v) is 4.51. The van der Waals surface area contributed by atoms with Gasteiger partial charge in [0.15, 0.2) is 5.76 Å². The maximum atomic E-state index is 12.2. The average molecular weight is 340 g/mol. The Kier molecular flexibility index (Phi) is 4.77. The number of carbonyl (C=O) groups is 2. The van der Waals surface area contributed by atoms with E-state index >= 15 is 0 Å². The monoisotopic (exact) mass is 340 g/mol. The van der Waals surface area contributed by atoms with Gasteiger partial charge in [-0.05, 0) is 42.3 Å². The molecule has 3 aromatic rings. The van der Waals surface area contributed by atoms with Gasteiger partial charge in [0, 0.05) is 6.54 Å². The molecular weight excluding hydrogens is 324 g/mol. The zero-order valence-corrected chi connectivity index (χ0v) is 13.9. The number of furan rings is 1. The lowest BCUT2D eigenvalue weighted by atomic mass is 10.1. The maximum Gasteiger partial charge on any atom is 0.291 e. The molecule has 24 heavy (non-hydrogen) atoms. The molecule has 5 nitrogen and oxygen atoms in total. The second-order valence-corrected chi connectivity index (χ2v) is 6.29. The van der Waals surface area contributed by atoms with Crippen LogP contribution in [0.2, 0.25) is 0 Å². The lowest BCUT2D eigenvalue weighted by Crippen LogP contribution is -2.22. The van der Waals surface area contributed by atoms with Gasteiger partial charge in [-0.25, -0.2) is 0 Å². The Hall–Kier alpha value is -2.86. The predicted octanol–water partition coefficient (Wildman–Crippen LogP) is 3.83. The number of anilines is 1. The van der Waals surface area contributed by atoms with Crippen molar-refractivity contribution in [1.29, 1.82) is 0 Å². The van der Waals surface area contributed by atoms with Crippen molar-refractivity contribution in [2.24, 2.45) is 0 Å². The number of amides is 2. The van der Waals surface area contributed by atoms with Crippen LogP contribution in [0.3, 0.4) is 0 Å². The van der Waals surface area contributed by atoms with Crippen molar-refractivity contribution in [2.75, 3.05) is 5.32 Å². The van der Waals surface area contributed by atoms with Gasteiger partial charge in [0.1, 0.15) is 0 Å². The van der Waals surface area contributed by atoms with E-state index in [2.05, 4.69) is 10.6 Å². The summed E-state index contributed by atoms with van der Waals surface area (Å²) in [7, 11) is 0. The van der Waals surface area contributed by atoms with Crippen LogP contribution in [0.25, 0.3) is 0 Å². The summed E-state index contributed by atoms with van der Waals surface area (Å²) in [6, 6.07) is 14.5. The summed E-state index contributed by atoms with van der Waals surface area (Å²) in [6.45, 7) is 2.48. The molecular formula is C18H16N2O3S. The van der Waals surface area contributed by atoms with Crippen molar-refractivity contribution in [3.8, 4) is 0 Å². The molecule has 0 fully saturated rings. The van der Waals surface area contributed by atoms with E-state index in [1.54, 1.807) is 24.3 Å². The van der Waals surface area contributed by atoms with Gasteiger partial charge in [0.2, 0.25) is 0 Å². The Balaban J connectivity index is 1.59. The third-order valence-electron chi connectivity index (χ3n) is 3.51. The Bertz CT molecular complexity index is 853. The summed E-state index contributed by atoms with van der Waals surface area (Å²) < 4.78 is 5.03. The molecule has 1 aromatic carbocycles. The number of hydrogen-bond acceptors (Lipinski definition) is 4. The number of carbonyl (C=O) groups excluding carboxylic acids is 2. The Morgan fingerprint density at radius 3 is 2.62 bits per heavy atom. The van der Waals surface area contributed by atoms with Gasteiger partial charge in [0.25, 0.3) is 11.8 Å². The van der Waals surface area contributed by atoms with E-state index in [9.17, 15) is 9.59 Å². The average Bonchev–Trinajstić information content (AvgIpc) is 3.25. The first-order valence-electron chi connectivity index (χ1n) is 7.41. The Labute approximate surface area is 143 Å². The van der Waals surface area contributed by atoms with Crippen molar-refractivity contribution in [2.45, 2.75) is 13.5 Å². The number of rotatable bonds is 5. The van der Waals surface area contributed by atoms with E-state index in [1.165, 1.54) is 17.6 Å². The van der Waals surface area contributed by atoms with Crippen molar-refractivity contribution in [3.63, 3.8) is 0 Å². The van der Waals surface area contributed by atoms with Gasteiger partial charge >= 0.3 is 0 Å². The Morgan fingerprint density at radius 1 is 1.04 bits per heavy atom. The molecule has 0 aliphatic heterocycles. The minimum absolute atomic E-state index is 0.165. The maximum absolute atomic E-state index is 12.2. The summed E-state index contributed by atoms with van der Waals surface area (Å²) in [5.74, 6) is -0.274. The van der Waals surface area contributed by atoms with Crippen LogP contribution < -0.4 is 10.6 Å². The summed E-state index contributed by atoms with van der Waals surface area (Å²) in [4.78, 5) is 24.7. The molecule has 0 atom stereocenters. The highest BCUT2D eigenvalue weighted by atomic mass is 32.1. The van der Waals surface area contributed by atoms with Gasteiger partial charge in [-0.1, -0.05) is 24.3 Å². The molecule has 0 saturated carbocycles. The fourth-order valence-electron chi connectivity index (χ4n) is 2.18. The van der Waals surface area contributed by atoms with Crippen LogP contribution in [0.5, 0.6) is 0 Å². The Morgan fingerprint density at radius 2 is 1.88 bits per heavy atom. The molecule has 0 saturated heterocycles. The van der Waals surface area contributed by atoms with Crippen molar-refractivity contribution in [1.82, 2.24) is 5.32 Å². The van der Waals surface area contributed by atoms with Gasteiger partial charge < -0.3 is 15.1 Å². The summed E-state index contributed by atoms with van der Waals surface area (Å²) in [5, 5.41) is 6.19. The first-order chi connectivity index (χ1) is 11.6. The number of thiophene rings is 1. The largest absolute Gasteiger partial charge is 0.459 e. The molecule has 2 heterocycles. The molecule has 0 spiro atoms. The van der Waals surface area contributed by atoms with E-state index in [1.807, 2.05) is 31.2 Å². The van der Waals surface area contributed by atoms with E-state index in [0.29, 0.717) is 16.4 Å². The minimum Gasteiger partial charge on any atom is -0.459 e. The van der Waals surface area contributed by atoms with Crippen LogP contribution in [0, 0.1) is 6.92 Å². The topological polar surface area (TPSA) is 71.3 Å². The third kappa shape index (κ3) is 3.72. The smallest absolute Gasteiger partial charge is 0.291 e. The van der Waals surface area contributed by atoms with E-state index < -0.39 is 0 Å². The first-order valence-corrected chi connectivity index (χ1v) is 8.22. The quantitative estimate of drug-likeness (QED) is 0.741. The standard InChI is InChI=1S/C18H16N2O3S/c1-12-5-2-3-6-13(12)11-19-18(22)15-8-9-16(24-15)20-17(21)14-7-4-10-23-14/h2-10H,11H2,1H3,(H,19,22)(H,20,21). The molecule has 0 aliphatic rings. The molecule has 2 N–H and O–H groups in total. The predicted molar refractivity (Wildman–Crippen MR) is 93.3 cm³/mol. The van der Waals surface area contributed by atoms with Gasteiger partial charge in [0.05, 0.1) is 16.1 Å². The van der Waals surface area contributed by atoms with Crippen LogP contribution in [0.15, 0.2) is 59.2 Å². The summed E-state index contributed by atoms with van der Waals surface area (Å²) in [5.41, 5.74) is 2.21. The van der Waals surface area contributed by atoms with Gasteiger partial charge in [-0.3, -0.25) is 9.59 Å². The zero-order valence-electron chi connectivity index (χ0n) is 13.0. The molecule has 0 radical (unpaired) electrons. The highest BCUT2D eigenvalue weighted by Gasteiger charge is 2.13. The minimum atomic E-state index is -0.339. The fraction of sp³-hybridized carbons (Fsp3) is 0.111. The lowest BCUT2D eigenvalue weighted by Gasteiger charge is -2.06. The summed E-state index contributed by atoms with van der Waals surface area (Å²) >= 11 is 1.22. The molecule has 0 unspecified atom stereocenters. The van der Waals surface area contributed by atoms with Crippen molar-refractivity contribution in [3.05, 3.63) is 76.6 Å². The van der Waals surface area contributed by atoms with Crippen LogP contribution in [0.1, 0.15) is 31.4 Å². The highest BCUT2D eigenvalue weighted by Crippen LogP contribution is 2.22. The van der Waals surface area contributed by atoms with Crippen LogP contribution in [-0.4, -0.2) is 11.8 Å². The number of hydrogen-bond donors (Lipinski definition) is 2. The number of nitrogens with one attached hydrogen (secondary N) is 2. The highest BCUT2D eigenvalue weighted by molar-refractivity contribution is 7.18. The molecule has 2 aromatic heterocycles. The van der Waals surface area contributed by atoms with Crippen LogP contribution in [-0.2, 0) is 6.54 Å². The van der Waals surface area contributed by atoms with Crippen molar-refractivity contribution >= 4 is 28.2 Å². The second kappa shape index (κ2) is 7.14. The normalized spacial score (nSPS) is 10.4. The fourth-order valence-corrected chi connectivity index (χ4v) is 3.00. The zero-order chi connectivity index (χ0) is 16.9. The molecule has 3 rings (SSSR count). The van der Waals surface area contributed by atoms with Gasteiger partial charge in [-0.15, -0.1) is 11.3 Å². The second-order valence-electron chi connectivity index (χ2n) is 5.20. The first kappa shape index (κ1) is 16.0. The summed E-state index contributed by atoms with van der Waals surface area (Å²) in [6.07, 6.45) is 1.44. The van der Waals surface area contributed by atoms with Gasteiger partial charge in [-0.2, -0.15) is 0 Å². The molecule has 0 aliphatic carbocycles. The number of benzene rings is 1. The molecule has 0 bridgehead atoms. The van der Waals surface area contributed by atoms with Crippen molar-refractivity contribution < 1.29 is 14.0 Å². The van der Waals surface area contributed by atoms with E-state index in [-0.39, 0.29) is 17.6 Å². The molecule has 6 heteroatoms. The van der Waals surface area contributed by atoms with Crippen LogP contribution in [0.4, 0.5) is 5.00 Å². The van der Waals surface area contributed by atoms with E-state index in [4.69, 9.17) is 4.42 Å².